The number of ketones is 1. The maximum Gasteiger partial charge on any atom is 0.239 e. The van der Waals surface area contributed by atoms with Crippen LogP contribution in [0.15, 0.2) is 12.1 Å². The quantitative estimate of drug-likeness (QED) is 0.459. The fourth-order valence-corrected chi connectivity index (χ4v) is 1.11. The average Bonchev–Trinajstić information content (AvgIpc) is 2.28. The molecule has 0 atom stereocenters. The number of terminal acetylenes is 1. The third kappa shape index (κ3) is 2.02. The minimum Gasteiger partial charge on any atom is -0.504 e. The van der Waals surface area contributed by atoms with E-state index in [0.717, 1.165) is 0 Å². The number of carbonyl (C=O) groups is 1. The van der Waals surface area contributed by atoms with Crippen molar-refractivity contribution in [3.63, 3.8) is 0 Å². The zero-order valence-electron chi connectivity index (χ0n) is 8.40. The molecule has 0 aliphatic heterocycles. The molecule has 0 spiro atoms. The van der Waals surface area contributed by atoms with Gasteiger partial charge in [-0.2, -0.15) is 0 Å². The summed E-state index contributed by atoms with van der Waals surface area (Å²) >= 11 is 0. The molecule has 4 nitrogen and oxygen atoms in total. The summed E-state index contributed by atoms with van der Waals surface area (Å²) in [5.41, 5.74) is -0.00583. The number of benzene rings is 1. The molecule has 0 aliphatic rings. The molecule has 0 aliphatic carbocycles. The predicted molar refractivity (Wildman–Crippen MR) is 54.4 cm³/mol. The van der Waals surface area contributed by atoms with E-state index in [9.17, 15) is 9.90 Å². The number of phenolic OH excluding ortho intramolecular Hbond substituents is 1. The maximum atomic E-state index is 11.3. The van der Waals surface area contributed by atoms with Gasteiger partial charge in [0, 0.05) is 6.07 Å². The van der Waals surface area contributed by atoms with Crippen molar-refractivity contribution >= 4 is 5.78 Å². The van der Waals surface area contributed by atoms with Crippen LogP contribution in [0.4, 0.5) is 0 Å². The minimum absolute atomic E-state index is 0.00583. The first-order chi connectivity index (χ1) is 7.13. The molecule has 0 radical (unpaired) electrons. The lowest BCUT2D eigenvalue weighted by molar-refractivity contribution is 0.105. The Morgan fingerprint density at radius 3 is 2.53 bits per heavy atom. The van der Waals surface area contributed by atoms with Gasteiger partial charge in [-0.1, -0.05) is 0 Å². The van der Waals surface area contributed by atoms with Crippen LogP contribution >= 0.6 is 0 Å². The summed E-state index contributed by atoms with van der Waals surface area (Å²) in [5.74, 6) is 1.56. The lowest BCUT2D eigenvalue weighted by Gasteiger charge is -2.08. The van der Waals surface area contributed by atoms with E-state index >= 15 is 0 Å². The van der Waals surface area contributed by atoms with Crippen LogP contribution in [0.5, 0.6) is 17.2 Å². The third-order valence-corrected chi connectivity index (χ3v) is 1.88. The Labute approximate surface area is 87.4 Å². The molecule has 78 valence electrons. The lowest BCUT2D eigenvalue weighted by Crippen LogP contribution is -1.98. The molecule has 0 saturated heterocycles. The molecule has 4 heteroatoms. The van der Waals surface area contributed by atoms with Gasteiger partial charge in [0.05, 0.1) is 19.8 Å². The van der Waals surface area contributed by atoms with Crippen molar-refractivity contribution in [1.29, 1.82) is 0 Å². The topological polar surface area (TPSA) is 55.8 Å². The van der Waals surface area contributed by atoms with E-state index in [1.54, 1.807) is 0 Å². The van der Waals surface area contributed by atoms with Crippen LogP contribution in [0.2, 0.25) is 0 Å². The standard InChI is InChI=1S/C11H10O4/c1-4-9(12)8-5-7(14-2)6-10(15-3)11(8)13/h1,5-6,13H,2-3H3. The van der Waals surface area contributed by atoms with Crippen molar-refractivity contribution in [3.05, 3.63) is 17.7 Å². The van der Waals surface area contributed by atoms with Crippen LogP contribution in [-0.4, -0.2) is 25.1 Å². The fourth-order valence-electron chi connectivity index (χ4n) is 1.11. The van der Waals surface area contributed by atoms with E-state index in [-0.39, 0.29) is 17.1 Å². The van der Waals surface area contributed by atoms with Gasteiger partial charge in [0.25, 0.3) is 0 Å². The van der Waals surface area contributed by atoms with Gasteiger partial charge < -0.3 is 14.6 Å². The summed E-state index contributed by atoms with van der Waals surface area (Å²) in [7, 11) is 2.81. The van der Waals surface area contributed by atoms with E-state index in [1.165, 1.54) is 26.4 Å². The number of hydrogen-bond donors (Lipinski definition) is 1. The molecular weight excluding hydrogens is 196 g/mol. The molecule has 0 bridgehead atoms. The van der Waals surface area contributed by atoms with Crippen LogP contribution in [0, 0.1) is 12.3 Å². The largest absolute Gasteiger partial charge is 0.504 e. The predicted octanol–water partition coefficient (Wildman–Crippen LogP) is 1.23. The molecule has 1 aromatic carbocycles. The van der Waals surface area contributed by atoms with Crippen LogP contribution in [-0.2, 0) is 0 Å². The number of Topliss-reactive ketones (excluding diaryl/α,β-unsaturated/α-hetero) is 1. The zero-order valence-corrected chi connectivity index (χ0v) is 8.40. The minimum atomic E-state index is -0.621. The molecule has 1 rings (SSSR count). The first-order valence-electron chi connectivity index (χ1n) is 4.10. The van der Waals surface area contributed by atoms with Gasteiger partial charge in [-0.05, 0) is 12.0 Å². The summed E-state index contributed by atoms with van der Waals surface area (Å²) in [5, 5.41) is 9.61. The molecule has 0 amide bonds. The highest BCUT2D eigenvalue weighted by molar-refractivity contribution is 6.11. The smallest absolute Gasteiger partial charge is 0.239 e. The summed E-state index contributed by atoms with van der Waals surface area (Å²) in [6.45, 7) is 0. The van der Waals surface area contributed by atoms with Crippen molar-refractivity contribution in [2.45, 2.75) is 0 Å². The van der Waals surface area contributed by atoms with Gasteiger partial charge in [-0.15, -0.1) is 6.42 Å². The van der Waals surface area contributed by atoms with Crippen LogP contribution < -0.4 is 9.47 Å². The van der Waals surface area contributed by atoms with Crippen LogP contribution in [0.3, 0.4) is 0 Å². The maximum absolute atomic E-state index is 11.3. The van der Waals surface area contributed by atoms with Gasteiger partial charge >= 0.3 is 0 Å². The van der Waals surface area contributed by atoms with Gasteiger partial charge in [0.2, 0.25) is 5.78 Å². The molecule has 0 unspecified atom stereocenters. The van der Waals surface area contributed by atoms with E-state index in [4.69, 9.17) is 15.9 Å². The Kier molecular flexibility index (Phi) is 3.19. The second-order valence-electron chi connectivity index (χ2n) is 2.70. The van der Waals surface area contributed by atoms with Crippen molar-refractivity contribution in [2.24, 2.45) is 0 Å². The molecule has 1 aromatic rings. The first kappa shape index (κ1) is 10.9. The second kappa shape index (κ2) is 4.38. The SMILES string of the molecule is C#CC(=O)c1cc(OC)cc(OC)c1O. The third-order valence-electron chi connectivity index (χ3n) is 1.88. The molecule has 0 aromatic heterocycles. The van der Waals surface area contributed by atoms with E-state index in [0.29, 0.717) is 5.75 Å². The Morgan fingerprint density at radius 1 is 1.40 bits per heavy atom. The van der Waals surface area contributed by atoms with Gasteiger partial charge in [-0.25, -0.2) is 0 Å². The number of aromatic hydroxyl groups is 1. The Bertz CT molecular complexity index is 429. The number of methoxy groups -OCH3 is 2. The number of rotatable bonds is 3. The highest BCUT2D eigenvalue weighted by atomic mass is 16.5. The van der Waals surface area contributed by atoms with Crippen molar-refractivity contribution < 1.29 is 19.4 Å². The number of hydrogen-bond acceptors (Lipinski definition) is 4. The number of phenols is 1. The average molecular weight is 206 g/mol. The molecule has 1 N–H and O–H groups in total. The first-order valence-corrected chi connectivity index (χ1v) is 4.10. The van der Waals surface area contributed by atoms with E-state index in [1.807, 2.05) is 5.92 Å². The molecule has 0 heterocycles. The zero-order chi connectivity index (χ0) is 11.4. The van der Waals surface area contributed by atoms with Crippen molar-refractivity contribution in [3.8, 4) is 29.6 Å². The molecule has 0 saturated carbocycles. The van der Waals surface area contributed by atoms with E-state index in [2.05, 4.69) is 0 Å². The second-order valence-corrected chi connectivity index (χ2v) is 2.70. The van der Waals surface area contributed by atoms with Crippen molar-refractivity contribution in [2.75, 3.05) is 14.2 Å². The lowest BCUT2D eigenvalue weighted by atomic mass is 10.1. The summed E-state index contributed by atoms with van der Waals surface area (Å²) in [6, 6.07) is 2.82. The number of carbonyl (C=O) groups excluding carboxylic acids is 1. The number of ether oxygens (including phenoxy) is 2. The van der Waals surface area contributed by atoms with Gasteiger partial charge in [-0.3, -0.25) is 4.79 Å². The highest BCUT2D eigenvalue weighted by Gasteiger charge is 2.15. The van der Waals surface area contributed by atoms with Gasteiger partial charge in [0.1, 0.15) is 5.75 Å². The van der Waals surface area contributed by atoms with Gasteiger partial charge in [0.15, 0.2) is 11.5 Å². The Morgan fingerprint density at radius 2 is 2.07 bits per heavy atom. The van der Waals surface area contributed by atoms with Crippen LogP contribution in [0.1, 0.15) is 10.4 Å². The molecule has 0 fully saturated rings. The van der Waals surface area contributed by atoms with Crippen molar-refractivity contribution in [1.82, 2.24) is 0 Å². The highest BCUT2D eigenvalue weighted by Crippen LogP contribution is 2.34. The summed E-state index contributed by atoms with van der Waals surface area (Å²) in [4.78, 5) is 11.3. The fraction of sp³-hybridized carbons (Fsp3) is 0.182. The summed E-state index contributed by atoms with van der Waals surface area (Å²) in [6.07, 6.45) is 4.96. The Balaban J connectivity index is 3.38. The van der Waals surface area contributed by atoms with E-state index < -0.39 is 5.78 Å². The monoisotopic (exact) mass is 206 g/mol. The summed E-state index contributed by atoms with van der Waals surface area (Å²) < 4.78 is 9.81. The Hall–Kier alpha value is -2.15. The molecular formula is C11H10O4. The normalized spacial score (nSPS) is 9.13. The molecule has 15 heavy (non-hydrogen) atoms. The van der Waals surface area contributed by atoms with Crippen LogP contribution in [0.25, 0.3) is 0 Å².